The van der Waals surface area contributed by atoms with E-state index in [4.69, 9.17) is 5.73 Å². The van der Waals surface area contributed by atoms with E-state index in [1.807, 2.05) is 30.3 Å². The lowest BCUT2D eigenvalue weighted by Crippen LogP contribution is -2.36. The summed E-state index contributed by atoms with van der Waals surface area (Å²) in [5.74, 6) is 0.440. The summed E-state index contributed by atoms with van der Waals surface area (Å²) in [6.07, 6.45) is 0.816. The molecular weight excluding hydrogens is 226 g/mol. The summed E-state index contributed by atoms with van der Waals surface area (Å²) < 4.78 is 0. The summed E-state index contributed by atoms with van der Waals surface area (Å²) in [4.78, 5) is 13.5. The topological polar surface area (TPSA) is 58.4 Å². The van der Waals surface area contributed by atoms with Crippen molar-refractivity contribution in [3.8, 4) is 0 Å². The van der Waals surface area contributed by atoms with Gasteiger partial charge < -0.3 is 16.0 Å². The van der Waals surface area contributed by atoms with Crippen LogP contribution in [0.5, 0.6) is 0 Å². The van der Waals surface area contributed by atoms with E-state index in [1.54, 1.807) is 11.9 Å². The van der Waals surface area contributed by atoms with Crippen LogP contribution in [0, 0.1) is 5.92 Å². The number of nitrogens with one attached hydrogen (secondary N) is 1. The van der Waals surface area contributed by atoms with E-state index < -0.39 is 0 Å². The van der Waals surface area contributed by atoms with Gasteiger partial charge in [-0.05, 0) is 24.5 Å². The van der Waals surface area contributed by atoms with Crippen molar-refractivity contribution in [1.82, 2.24) is 4.90 Å². The molecule has 0 aliphatic heterocycles. The summed E-state index contributed by atoms with van der Waals surface area (Å²) in [5, 5.41) is 2.84. The van der Waals surface area contributed by atoms with Gasteiger partial charge in [-0.15, -0.1) is 0 Å². The minimum atomic E-state index is -0.0999. The molecule has 0 spiro atoms. The van der Waals surface area contributed by atoms with Crippen molar-refractivity contribution < 1.29 is 4.79 Å². The van der Waals surface area contributed by atoms with Crippen LogP contribution in [0.15, 0.2) is 30.3 Å². The van der Waals surface area contributed by atoms with E-state index in [2.05, 4.69) is 19.2 Å². The Balaban J connectivity index is 2.38. The molecule has 18 heavy (non-hydrogen) atoms. The first-order valence-corrected chi connectivity index (χ1v) is 6.33. The van der Waals surface area contributed by atoms with Crippen molar-refractivity contribution in [2.24, 2.45) is 11.7 Å². The predicted molar refractivity (Wildman–Crippen MR) is 75.5 cm³/mol. The van der Waals surface area contributed by atoms with Crippen LogP contribution in [0.25, 0.3) is 0 Å². The number of para-hydroxylation sites is 1. The van der Waals surface area contributed by atoms with Gasteiger partial charge in [0.2, 0.25) is 0 Å². The maximum atomic E-state index is 11.9. The number of carbonyl (C=O) groups excluding carboxylic acids is 1. The molecule has 0 radical (unpaired) electrons. The lowest BCUT2D eigenvalue weighted by molar-refractivity contribution is 0.219. The fraction of sp³-hybridized carbons (Fsp3) is 0.500. The van der Waals surface area contributed by atoms with E-state index in [-0.39, 0.29) is 12.1 Å². The number of urea groups is 1. The molecule has 0 heterocycles. The van der Waals surface area contributed by atoms with Crippen LogP contribution in [0.3, 0.4) is 0 Å². The van der Waals surface area contributed by atoms with Crippen molar-refractivity contribution in [2.75, 3.05) is 18.9 Å². The molecule has 0 bridgehead atoms. The van der Waals surface area contributed by atoms with Crippen molar-refractivity contribution >= 4 is 11.7 Å². The summed E-state index contributed by atoms with van der Waals surface area (Å²) in [6.45, 7) is 4.85. The Kier molecular flexibility index (Phi) is 5.65. The van der Waals surface area contributed by atoms with Crippen LogP contribution in [0.2, 0.25) is 0 Å². The third-order valence-electron chi connectivity index (χ3n) is 3.03. The highest BCUT2D eigenvalue weighted by molar-refractivity contribution is 5.89. The Bertz CT molecular complexity index is 365. The lowest BCUT2D eigenvalue weighted by atomic mass is 10.0. The maximum absolute atomic E-state index is 11.9. The number of nitrogens with two attached hydrogens (primary N) is 1. The lowest BCUT2D eigenvalue weighted by Gasteiger charge is -2.21. The fourth-order valence-corrected chi connectivity index (χ4v) is 1.52. The van der Waals surface area contributed by atoms with Crippen LogP contribution < -0.4 is 11.1 Å². The number of carbonyl (C=O) groups is 1. The van der Waals surface area contributed by atoms with E-state index in [1.165, 1.54) is 0 Å². The van der Waals surface area contributed by atoms with Crippen LogP contribution in [-0.2, 0) is 0 Å². The summed E-state index contributed by atoms with van der Waals surface area (Å²) >= 11 is 0. The number of amides is 2. The first-order chi connectivity index (χ1) is 8.50. The Morgan fingerprint density at radius 2 is 1.94 bits per heavy atom. The summed E-state index contributed by atoms with van der Waals surface area (Å²) in [7, 11) is 1.78. The van der Waals surface area contributed by atoms with Crippen molar-refractivity contribution in [3.63, 3.8) is 0 Å². The molecule has 0 saturated heterocycles. The molecule has 2 amide bonds. The number of hydrogen-bond donors (Lipinski definition) is 2. The Hall–Kier alpha value is -1.55. The Labute approximate surface area is 109 Å². The molecule has 1 unspecified atom stereocenters. The number of nitrogens with zero attached hydrogens (tertiary/aromatic N) is 1. The molecule has 100 valence electrons. The van der Waals surface area contributed by atoms with E-state index in [0.717, 1.165) is 12.1 Å². The van der Waals surface area contributed by atoms with Crippen molar-refractivity contribution in [2.45, 2.75) is 26.3 Å². The highest BCUT2D eigenvalue weighted by Gasteiger charge is 2.12. The molecule has 1 atom stereocenters. The zero-order valence-electron chi connectivity index (χ0n) is 11.4. The van der Waals surface area contributed by atoms with Gasteiger partial charge in [0.25, 0.3) is 0 Å². The zero-order valence-corrected chi connectivity index (χ0v) is 11.4. The second kappa shape index (κ2) is 7.01. The highest BCUT2D eigenvalue weighted by Crippen LogP contribution is 2.07. The van der Waals surface area contributed by atoms with E-state index in [0.29, 0.717) is 12.5 Å². The smallest absolute Gasteiger partial charge is 0.321 e. The van der Waals surface area contributed by atoms with Gasteiger partial charge in [0.05, 0.1) is 0 Å². The van der Waals surface area contributed by atoms with Gasteiger partial charge in [-0.3, -0.25) is 0 Å². The third kappa shape index (κ3) is 4.75. The van der Waals surface area contributed by atoms with Crippen molar-refractivity contribution in [1.29, 1.82) is 0 Å². The first kappa shape index (κ1) is 14.5. The van der Waals surface area contributed by atoms with Crippen molar-refractivity contribution in [3.05, 3.63) is 30.3 Å². The predicted octanol–water partition coefficient (Wildman–Crippen LogP) is 2.52. The molecule has 1 aromatic rings. The molecule has 1 rings (SSSR count). The quantitative estimate of drug-likeness (QED) is 0.842. The van der Waals surface area contributed by atoms with Gasteiger partial charge in [0.15, 0.2) is 0 Å². The molecule has 0 fully saturated rings. The molecule has 0 aliphatic rings. The molecular formula is C14H23N3O. The molecule has 3 N–H and O–H groups in total. The van der Waals surface area contributed by atoms with E-state index >= 15 is 0 Å². The van der Waals surface area contributed by atoms with Gasteiger partial charge in [-0.25, -0.2) is 4.79 Å². The van der Waals surface area contributed by atoms with Crippen LogP contribution >= 0.6 is 0 Å². The normalized spacial score (nSPS) is 12.3. The first-order valence-electron chi connectivity index (χ1n) is 6.33. The molecule has 4 nitrogen and oxygen atoms in total. The van der Waals surface area contributed by atoms with E-state index in [9.17, 15) is 4.79 Å². The van der Waals surface area contributed by atoms with Gasteiger partial charge in [-0.2, -0.15) is 0 Å². The Morgan fingerprint density at radius 3 is 2.50 bits per heavy atom. The summed E-state index contributed by atoms with van der Waals surface area (Å²) in [6, 6.07) is 9.47. The molecule has 4 heteroatoms. The zero-order chi connectivity index (χ0) is 13.5. The molecule has 0 saturated carbocycles. The SMILES string of the molecule is CC(C)C(N)CCN(C)C(=O)Nc1ccccc1. The number of anilines is 1. The second-order valence-electron chi connectivity index (χ2n) is 4.91. The maximum Gasteiger partial charge on any atom is 0.321 e. The van der Waals surface area contributed by atoms with Gasteiger partial charge in [-0.1, -0.05) is 32.0 Å². The van der Waals surface area contributed by atoms with Gasteiger partial charge in [0.1, 0.15) is 0 Å². The highest BCUT2D eigenvalue weighted by atomic mass is 16.2. The number of benzene rings is 1. The largest absolute Gasteiger partial charge is 0.328 e. The Morgan fingerprint density at radius 1 is 1.33 bits per heavy atom. The van der Waals surface area contributed by atoms with Crippen LogP contribution in [0.4, 0.5) is 10.5 Å². The van der Waals surface area contributed by atoms with Crippen LogP contribution in [0.1, 0.15) is 20.3 Å². The third-order valence-corrected chi connectivity index (χ3v) is 3.03. The fourth-order valence-electron chi connectivity index (χ4n) is 1.52. The minimum Gasteiger partial charge on any atom is -0.328 e. The second-order valence-corrected chi connectivity index (χ2v) is 4.91. The standard InChI is InChI=1S/C14H23N3O/c1-11(2)13(15)9-10-17(3)14(18)16-12-7-5-4-6-8-12/h4-8,11,13H,9-10,15H2,1-3H3,(H,16,18). The number of hydrogen-bond acceptors (Lipinski definition) is 2. The minimum absolute atomic E-state index is 0.0999. The monoisotopic (exact) mass is 249 g/mol. The number of rotatable bonds is 5. The molecule has 1 aromatic carbocycles. The average molecular weight is 249 g/mol. The summed E-state index contributed by atoms with van der Waals surface area (Å²) in [5.41, 5.74) is 6.77. The van der Waals surface area contributed by atoms with Gasteiger partial charge in [0, 0.05) is 25.3 Å². The average Bonchev–Trinajstić information content (AvgIpc) is 2.36. The van der Waals surface area contributed by atoms with Crippen LogP contribution in [-0.4, -0.2) is 30.6 Å². The molecule has 0 aromatic heterocycles. The van der Waals surface area contributed by atoms with Gasteiger partial charge >= 0.3 is 6.03 Å². The molecule has 0 aliphatic carbocycles.